The first-order valence-corrected chi connectivity index (χ1v) is 6.84. The monoisotopic (exact) mass is 276 g/mol. The summed E-state index contributed by atoms with van der Waals surface area (Å²) in [5.74, 6) is -1.84. The molecule has 0 fully saturated rings. The highest BCUT2D eigenvalue weighted by Gasteiger charge is 2.24. The Kier molecular flexibility index (Phi) is 4.00. The minimum Gasteiger partial charge on any atom is -0.399 e. The molecular formula is C10H13ClN2O3S. The van der Waals surface area contributed by atoms with Crippen molar-refractivity contribution in [3.8, 4) is 0 Å². The average Bonchev–Trinajstić information content (AvgIpc) is 2.20. The van der Waals surface area contributed by atoms with Gasteiger partial charge >= 0.3 is 0 Å². The molecule has 0 spiro atoms. The molecule has 1 amide bonds. The fourth-order valence-corrected chi connectivity index (χ4v) is 3.41. The third-order valence-electron chi connectivity index (χ3n) is 2.25. The number of nitrogen functional groups attached to an aromatic ring is 1. The van der Waals surface area contributed by atoms with Crippen molar-refractivity contribution in [3.05, 3.63) is 23.2 Å². The first-order valence-electron chi connectivity index (χ1n) is 4.81. The van der Waals surface area contributed by atoms with Crippen LogP contribution >= 0.6 is 11.6 Å². The molecular weight excluding hydrogens is 264 g/mol. The van der Waals surface area contributed by atoms with Gasteiger partial charge in [0.1, 0.15) is 0 Å². The number of amides is 1. The van der Waals surface area contributed by atoms with E-state index in [9.17, 15) is 13.2 Å². The lowest BCUT2D eigenvalue weighted by molar-refractivity contribution is -0.120. The van der Waals surface area contributed by atoms with Crippen molar-refractivity contribution in [1.29, 1.82) is 0 Å². The molecule has 0 saturated heterocycles. The van der Waals surface area contributed by atoms with Crippen molar-refractivity contribution >= 4 is 33.0 Å². The number of carbonyl (C=O) groups is 1. The van der Waals surface area contributed by atoms with E-state index >= 15 is 0 Å². The summed E-state index contributed by atoms with van der Waals surface area (Å²) >= 11 is 5.79. The molecule has 1 unspecified atom stereocenters. The summed E-state index contributed by atoms with van der Waals surface area (Å²) in [7, 11) is -3.67. The Morgan fingerprint density at radius 2 is 2.06 bits per heavy atom. The maximum Gasteiger partial charge on any atom is 0.221 e. The third-order valence-corrected chi connectivity index (χ3v) is 4.63. The van der Waals surface area contributed by atoms with E-state index in [0.29, 0.717) is 5.69 Å². The second-order valence-corrected chi connectivity index (χ2v) is 6.18. The zero-order valence-corrected chi connectivity index (χ0v) is 10.8. The van der Waals surface area contributed by atoms with Crippen LogP contribution in [0, 0.1) is 5.92 Å². The maximum absolute atomic E-state index is 12.0. The topological polar surface area (TPSA) is 103 Å². The van der Waals surface area contributed by atoms with E-state index in [0.717, 1.165) is 0 Å². The van der Waals surface area contributed by atoms with Gasteiger partial charge in [-0.3, -0.25) is 4.79 Å². The number of nitrogens with two attached hydrogens (primary N) is 2. The summed E-state index contributed by atoms with van der Waals surface area (Å²) in [4.78, 5) is 10.8. The van der Waals surface area contributed by atoms with Gasteiger partial charge in [0.15, 0.2) is 9.84 Å². The molecule has 5 nitrogen and oxygen atoms in total. The molecule has 0 aromatic heterocycles. The maximum atomic E-state index is 12.0. The predicted octanol–water partition coefficient (Wildman–Crippen LogP) is 0.817. The first kappa shape index (κ1) is 13.8. The number of hydrogen-bond acceptors (Lipinski definition) is 4. The fourth-order valence-electron chi connectivity index (χ4n) is 1.26. The molecule has 0 saturated carbocycles. The highest BCUT2D eigenvalue weighted by Crippen LogP contribution is 2.25. The zero-order valence-electron chi connectivity index (χ0n) is 9.18. The molecule has 0 bridgehead atoms. The molecule has 7 heteroatoms. The molecule has 1 rings (SSSR count). The Labute approximate surface area is 105 Å². The van der Waals surface area contributed by atoms with Gasteiger partial charge < -0.3 is 11.5 Å². The van der Waals surface area contributed by atoms with Crippen molar-refractivity contribution in [2.24, 2.45) is 11.7 Å². The molecule has 0 aliphatic heterocycles. The second kappa shape index (κ2) is 4.93. The third kappa shape index (κ3) is 3.34. The number of anilines is 1. The number of primary amides is 1. The zero-order chi connectivity index (χ0) is 13.2. The van der Waals surface area contributed by atoms with Gasteiger partial charge in [-0.25, -0.2) is 8.42 Å². The Morgan fingerprint density at radius 3 is 2.59 bits per heavy atom. The Morgan fingerprint density at radius 1 is 1.47 bits per heavy atom. The summed E-state index contributed by atoms with van der Waals surface area (Å²) in [5.41, 5.74) is 10.8. The summed E-state index contributed by atoms with van der Waals surface area (Å²) in [6.07, 6.45) is 0. The largest absolute Gasteiger partial charge is 0.399 e. The van der Waals surface area contributed by atoms with E-state index in [1.807, 2.05) is 0 Å². The van der Waals surface area contributed by atoms with Gasteiger partial charge in [0, 0.05) is 11.6 Å². The minimum atomic E-state index is -3.67. The van der Waals surface area contributed by atoms with Crippen LogP contribution in [0.2, 0.25) is 5.02 Å². The molecule has 1 aromatic rings. The fraction of sp³-hybridized carbons (Fsp3) is 0.300. The van der Waals surface area contributed by atoms with E-state index in [4.69, 9.17) is 23.1 Å². The van der Waals surface area contributed by atoms with E-state index < -0.39 is 21.7 Å². The second-order valence-electron chi connectivity index (χ2n) is 3.77. The van der Waals surface area contributed by atoms with Crippen molar-refractivity contribution in [3.63, 3.8) is 0 Å². The number of hydrogen-bond donors (Lipinski definition) is 2. The summed E-state index contributed by atoms with van der Waals surface area (Å²) < 4.78 is 23.9. The van der Waals surface area contributed by atoms with E-state index in [1.165, 1.54) is 25.1 Å². The SMILES string of the molecule is CC(CS(=O)(=O)c1cc(N)ccc1Cl)C(N)=O. The van der Waals surface area contributed by atoms with Crippen molar-refractivity contribution in [2.45, 2.75) is 11.8 Å². The van der Waals surface area contributed by atoms with Crippen LogP contribution in [-0.2, 0) is 14.6 Å². The van der Waals surface area contributed by atoms with Gasteiger partial charge in [0.25, 0.3) is 0 Å². The highest BCUT2D eigenvalue weighted by atomic mass is 35.5. The van der Waals surface area contributed by atoms with Crippen LogP contribution in [-0.4, -0.2) is 20.1 Å². The lowest BCUT2D eigenvalue weighted by atomic mass is 10.2. The van der Waals surface area contributed by atoms with Crippen LogP contribution in [0.4, 0.5) is 5.69 Å². The van der Waals surface area contributed by atoms with E-state index in [-0.39, 0.29) is 15.7 Å². The van der Waals surface area contributed by atoms with Crippen LogP contribution in [0.15, 0.2) is 23.1 Å². The Hall–Kier alpha value is -1.27. The molecule has 0 aliphatic rings. The normalized spacial score (nSPS) is 13.3. The van der Waals surface area contributed by atoms with Crippen LogP contribution in [0.3, 0.4) is 0 Å². The molecule has 1 aromatic carbocycles. The average molecular weight is 277 g/mol. The number of halogens is 1. The molecule has 0 radical (unpaired) electrons. The van der Waals surface area contributed by atoms with Crippen molar-refractivity contribution in [2.75, 3.05) is 11.5 Å². The smallest absolute Gasteiger partial charge is 0.221 e. The lowest BCUT2D eigenvalue weighted by Gasteiger charge is -2.10. The Bertz CT molecular complexity index is 542. The van der Waals surface area contributed by atoms with E-state index in [1.54, 1.807) is 0 Å². The quantitative estimate of drug-likeness (QED) is 0.795. The van der Waals surface area contributed by atoms with Crippen LogP contribution in [0.25, 0.3) is 0 Å². The molecule has 4 N–H and O–H groups in total. The standard InChI is InChI=1S/C10H13ClN2O3S/c1-6(10(13)14)5-17(15,16)9-4-7(12)2-3-8(9)11/h2-4,6H,5,12H2,1H3,(H2,13,14). The molecule has 0 heterocycles. The predicted molar refractivity (Wildman–Crippen MR) is 66.3 cm³/mol. The summed E-state index contributed by atoms with van der Waals surface area (Å²) in [5, 5.41) is 0.0795. The molecule has 0 aliphatic carbocycles. The molecule has 17 heavy (non-hydrogen) atoms. The van der Waals surface area contributed by atoms with Gasteiger partial charge in [0.05, 0.1) is 15.7 Å². The van der Waals surface area contributed by atoms with Gasteiger partial charge in [-0.15, -0.1) is 0 Å². The van der Waals surface area contributed by atoms with Crippen LogP contribution in [0.1, 0.15) is 6.92 Å². The molecule has 94 valence electrons. The summed E-state index contributed by atoms with van der Waals surface area (Å²) in [6.45, 7) is 1.44. The van der Waals surface area contributed by atoms with Gasteiger partial charge in [-0.1, -0.05) is 18.5 Å². The van der Waals surface area contributed by atoms with Crippen molar-refractivity contribution in [1.82, 2.24) is 0 Å². The highest BCUT2D eigenvalue weighted by molar-refractivity contribution is 7.91. The number of benzene rings is 1. The molecule has 1 atom stereocenters. The lowest BCUT2D eigenvalue weighted by Crippen LogP contribution is -2.27. The number of carbonyl (C=O) groups excluding carboxylic acids is 1. The Balaban J connectivity index is 3.13. The minimum absolute atomic E-state index is 0.0766. The van der Waals surface area contributed by atoms with Crippen LogP contribution < -0.4 is 11.5 Å². The van der Waals surface area contributed by atoms with Gasteiger partial charge in [-0.05, 0) is 18.2 Å². The number of sulfone groups is 1. The summed E-state index contributed by atoms with van der Waals surface area (Å²) in [6, 6.07) is 4.17. The van der Waals surface area contributed by atoms with Gasteiger partial charge in [0.2, 0.25) is 5.91 Å². The van der Waals surface area contributed by atoms with Gasteiger partial charge in [-0.2, -0.15) is 0 Å². The van der Waals surface area contributed by atoms with Crippen LogP contribution in [0.5, 0.6) is 0 Å². The number of rotatable bonds is 4. The first-order chi connectivity index (χ1) is 7.74. The van der Waals surface area contributed by atoms with E-state index in [2.05, 4.69) is 0 Å². The van der Waals surface area contributed by atoms with Crippen molar-refractivity contribution < 1.29 is 13.2 Å².